The minimum Gasteiger partial charge on any atom is -0.338 e. The Morgan fingerprint density at radius 3 is 2.26 bits per heavy atom. The number of rotatable bonds is 4. The molecule has 0 unspecified atom stereocenters. The first-order valence-corrected chi connectivity index (χ1v) is 7.22. The van der Waals surface area contributed by atoms with E-state index in [4.69, 9.17) is 0 Å². The Hall–Kier alpha value is -0.810. The third-order valence-corrected chi connectivity index (χ3v) is 3.79. The van der Waals surface area contributed by atoms with E-state index in [0.717, 1.165) is 25.7 Å². The lowest BCUT2D eigenvalue weighted by Gasteiger charge is -2.51. The van der Waals surface area contributed by atoms with Crippen molar-refractivity contribution in [3.05, 3.63) is 0 Å². The van der Waals surface area contributed by atoms with Gasteiger partial charge < -0.3 is 15.8 Å². The summed E-state index contributed by atoms with van der Waals surface area (Å²) in [5, 5.41) is 17.5. The van der Waals surface area contributed by atoms with Crippen molar-refractivity contribution in [2.45, 2.75) is 77.4 Å². The fraction of sp³-hybridized carbons (Fsp3) is 0.929. The van der Waals surface area contributed by atoms with Crippen LogP contribution in [0.25, 0.3) is 0 Å². The zero-order valence-electron chi connectivity index (χ0n) is 12.9. The van der Waals surface area contributed by atoms with Gasteiger partial charge in [0, 0.05) is 23.7 Å². The van der Waals surface area contributed by atoms with Crippen LogP contribution in [0.5, 0.6) is 0 Å². The first kappa shape index (κ1) is 16.2. The highest BCUT2D eigenvalue weighted by molar-refractivity contribution is 5.74. The largest absolute Gasteiger partial charge is 0.338 e. The van der Waals surface area contributed by atoms with Gasteiger partial charge in [-0.15, -0.1) is 0 Å². The van der Waals surface area contributed by atoms with E-state index in [9.17, 15) is 10.0 Å². The quantitative estimate of drug-likeness (QED) is 0.688. The number of carbonyl (C=O) groups is 1. The monoisotopic (exact) mass is 271 g/mol. The Morgan fingerprint density at radius 2 is 1.79 bits per heavy atom. The molecule has 1 aliphatic rings. The molecule has 1 saturated heterocycles. The highest BCUT2D eigenvalue weighted by atomic mass is 16.5. The zero-order chi connectivity index (χ0) is 14.7. The second-order valence-corrected chi connectivity index (χ2v) is 6.80. The van der Waals surface area contributed by atoms with Gasteiger partial charge in [0.2, 0.25) is 0 Å². The molecule has 1 heterocycles. The van der Waals surface area contributed by atoms with E-state index in [1.54, 1.807) is 0 Å². The van der Waals surface area contributed by atoms with Gasteiger partial charge >= 0.3 is 6.03 Å². The number of amides is 2. The summed E-state index contributed by atoms with van der Waals surface area (Å²) in [4.78, 5) is 11.8. The van der Waals surface area contributed by atoms with Crippen LogP contribution in [0.3, 0.4) is 0 Å². The Balaban J connectivity index is 2.53. The number of nitrogens with one attached hydrogen (secondary N) is 2. The standard InChI is InChI=1S/C14H29N3O2/c1-6-7-8-15-12(18)16-11-9-13(2,3)17(19)14(4,5)10-11/h11,19H,6-10H2,1-5H3,(H2,15,16,18). The highest BCUT2D eigenvalue weighted by Crippen LogP contribution is 2.36. The predicted octanol–water partition coefficient (Wildman–Crippen LogP) is 2.50. The topological polar surface area (TPSA) is 64.6 Å². The molecule has 1 fully saturated rings. The maximum absolute atomic E-state index is 11.8. The lowest BCUT2D eigenvalue weighted by Crippen LogP contribution is -2.63. The maximum atomic E-state index is 11.8. The molecule has 1 aliphatic heterocycles. The van der Waals surface area contributed by atoms with Crippen molar-refractivity contribution < 1.29 is 10.0 Å². The number of piperidine rings is 1. The van der Waals surface area contributed by atoms with Crippen LogP contribution in [0, 0.1) is 0 Å². The van der Waals surface area contributed by atoms with Crippen LogP contribution in [0.4, 0.5) is 4.79 Å². The van der Waals surface area contributed by atoms with Crippen LogP contribution in [0.15, 0.2) is 0 Å². The Kier molecular flexibility index (Phi) is 5.21. The van der Waals surface area contributed by atoms with Gasteiger partial charge in [-0.1, -0.05) is 13.3 Å². The summed E-state index contributed by atoms with van der Waals surface area (Å²) in [7, 11) is 0. The molecule has 5 heteroatoms. The number of unbranched alkanes of at least 4 members (excludes halogenated alkanes) is 1. The molecule has 5 nitrogen and oxygen atoms in total. The van der Waals surface area contributed by atoms with Crippen molar-refractivity contribution in [1.82, 2.24) is 15.7 Å². The van der Waals surface area contributed by atoms with Gasteiger partial charge in [-0.2, -0.15) is 5.06 Å². The lowest BCUT2D eigenvalue weighted by atomic mass is 9.79. The van der Waals surface area contributed by atoms with E-state index in [1.165, 1.54) is 5.06 Å². The highest BCUT2D eigenvalue weighted by Gasteiger charge is 2.45. The molecule has 0 radical (unpaired) electrons. The molecule has 1 rings (SSSR count). The van der Waals surface area contributed by atoms with Crippen LogP contribution >= 0.6 is 0 Å². The van der Waals surface area contributed by atoms with Crippen LogP contribution in [0.2, 0.25) is 0 Å². The van der Waals surface area contributed by atoms with Crippen molar-refractivity contribution >= 4 is 6.03 Å². The van der Waals surface area contributed by atoms with E-state index < -0.39 is 0 Å². The summed E-state index contributed by atoms with van der Waals surface area (Å²) in [6, 6.07) is -0.00790. The smallest absolute Gasteiger partial charge is 0.315 e. The average Bonchev–Trinajstić information content (AvgIpc) is 2.25. The zero-order valence-corrected chi connectivity index (χ0v) is 12.9. The molecule has 2 amide bonds. The molecule has 0 aromatic rings. The molecule has 0 spiro atoms. The van der Waals surface area contributed by atoms with Gasteiger partial charge in [0.15, 0.2) is 0 Å². The Morgan fingerprint density at radius 1 is 1.26 bits per heavy atom. The predicted molar refractivity (Wildman–Crippen MR) is 76.2 cm³/mol. The molecule has 0 atom stereocenters. The summed E-state index contributed by atoms with van der Waals surface area (Å²) >= 11 is 0. The van der Waals surface area contributed by atoms with Crippen molar-refractivity contribution in [2.24, 2.45) is 0 Å². The van der Waals surface area contributed by atoms with E-state index >= 15 is 0 Å². The molecular formula is C14H29N3O2. The molecule has 112 valence electrons. The summed E-state index contributed by atoms with van der Waals surface area (Å²) in [5.41, 5.74) is -0.660. The minimum absolute atomic E-state index is 0.0926. The number of hydroxylamine groups is 2. The van der Waals surface area contributed by atoms with Gasteiger partial charge in [-0.3, -0.25) is 0 Å². The first-order valence-electron chi connectivity index (χ1n) is 7.22. The normalized spacial score (nSPS) is 23.1. The fourth-order valence-electron chi connectivity index (χ4n) is 2.99. The van der Waals surface area contributed by atoms with Crippen molar-refractivity contribution in [2.75, 3.05) is 6.54 Å². The second-order valence-electron chi connectivity index (χ2n) is 6.80. The van der Waals surface area contributed by atoms with Gasteiger partial charge in [0.1, 0.15) is 0 Å². The molecular weight excluding hydrogens is 242 g/mol. The van der Waals surface area contributed by atoms with E-state index in [2.05, 4.69) is 17.6 Å². The van der Waals surface area contributed by atoms with E-state index in [-0.39, 0.29) is 23.2 Å². The summed E-state index contributed by atoms with van der Waals surface area (Å²) < 4.78 is 0. The SMILES string of the molecule is CCCCNC(=O)NC1CC(C)(C)N(O)C(C)(C)C1. The fourth-order valence-corrected chi connectivity index (χ4v) is 2.99. The maximum Gasteiger partial charge on any atom is 0.315 e. The van der Waals surface area contributed by atoms with Crippen molar-refractivity contribution in [1.29, 1.82) is 0 Å². The Labute approximate surface area is 116 Å². The third-order valence-electron chi connectivity index (χ3n) is 3.79. The molecule has 0 saturated carbocycles. The summed E-state index contributed by atoms with van der Waals surface area (Å²) in [6.07, 6.45) is 3.56. The number of nitrogens with zero attached hydrogens (tertiary/aromatic N) is 1. The number of hydrogen-bond acceptors (Lipinski definition) is 3. The van der Waals surface area contributed by atoms with Crippen LogP contribution in [-0.2, 0) is 0 Å². The lowest BCUT2D eigenvalue weighted by molar-refractivity contribution is -0.245. The van der Waals surface area contributed by atoms with E-state index in [0.29, 0.717) is 6.54 Å². The molecule has 0 bridgehead atoms. The molecule has 0 aliphatic carbocycles. The molecule has 19 heavy (non-hydrogen) atoms. The molecule has 0 aromatic carbocycles. The minimum atomic E-state index is -0.330. The first-order chi connectivity index (χ1) is 8.69. The number of carbonyl (C=O) groups excluding carboxylic acids is 1. The summed E-state index contributed by atoms with van der Waals surface area (Å²) in [6.45, 7) is 10.8. The van der Waals surface area contributed by atoms with Crippen LogP contribution < -0.4 is 10.6 Å². The van der Waals surface area contributed by atoms with Gasteiger partial charge in [0.25, 0.3) is 0 Å². The number of urea groups is 1. The van der Waals surface area contributed by atoms with Crippen molar-refractivity contribution in [3.63, 3.8) is 0 Å². The van der Waals surface area contributed by atoms with Gasteiger partial charge in [-0.05, 0) is 47.0 Å². The van der Waals surface area contributed by atoms with E-state index in [1.807, 2.05) is 27.7 Å². The molecule has 0 aromatic heterocycles. The third kappa shape index (κ3) is 4.35. The summed E-state index contributed by atoms with van der Waals surface area (Å²) in [5.74, 6) is 0. The van der Waals surface area contributed by atoms with Gasteiger partial charge in [0.05, 0.1) is 0 Å². The number of hydrogen-bond donors (Lipinski definition) is 3. The van der Waals surface area contributed by atoms with Crippen molar-refractivity contribution in [3.8, 4) is 0 Å². The second kappa shape index (κ2) is 6.09. The Bertz CT molecular complexity index is 298. The van der Waals surface area contributed by atoms with Crippen LogP contribution in [-0.4, -0.2) is 40.0 Å². The van der Waals surface area contributed by atoms with Gasteiger partial charge in [-0.25, -0.2) is 4.79 Å². The average molecular weight is 271 g/mol. The van der Waals surface area contributed by atoms with Crippen LogP contribution in [0.1, 0.15) is 60.3 Å². The molecule has 3 N–H and O–H groups in total.